The Kier molecular flexibility index (Phi) is 3.09. The first-order valence-corrected chi connectivity index (χ1v) is 7.84. The van der Waals surface area contributed by atoms with Gasteiger partial charge in [-0.15, -0.1) is 11.3 Å². The van der Waals surface area contributed by atoms with Crippen molar-refractivity contribution in [1.29, 1.82) is 0 Å². The van der Waals surface area contributed by atoms with Gasteiger partial charge in [0.15, 0.2) is 0 Å². The van der Waals surface area contributed by atoms with Gasteiger partial charge in [-0.25, -0.2) is 4.98 Å². The van der Waals surface area contributed by atoms with E-state index in [0.717, 1.165) is 32.3 Å². The number of thiophene rings is 1. The number of nitrogen functional groups attached to an aromatic ring is 1. The van der Waals surface area contributed by atoms with Crippen molar-refractivity contribution in [3.8, 4) is 22.3 Å². The average Bonchev–Trinajstić information content (AvgIpc) is 3.03. The van der Waals surface area contributed by atoms with E-state index in [1.165, 1.54) is 0 Å². The minimum Gasteiger partial charge on any atom is -0.383 e. The zero-order valence-electron chi connectivity index (χ0n) is 11.7. The van der Waals surface area contributed by atoms with Crippen LogP contribution in [0.1, 0.15) is 0 Å². The van der Waals surface area contributed by atoms with Crippen LogP contribution >= 0.6 is 11.3 Å². The minimum absolute atomic E-state index is 0.572. The molecule has 0 aliphatic carbocycles. The standard InChI is InChI=1S/C18H13N3S/c19-18-16-15(12-5-2-1-3-6-12)11-22-17(16)14(10-21-18)13-7-4-8-20-9-13/h1-11H,(H2,19,21). The fourth-order valence-corrected chi connectivity index (χ4v) is 3.75. The van der Waals surface area contributed by atoms with Crippen LogP contribution < -0.4 is 5.73 Å². The fourth-order valence-electron chi connectivity index (χ4n) is 2.63. The van der Waals surface area contributed by atoms with Crippen molar-refractivity contribution in [2.75, 3.05) is 5.73 Å². The van der Waals surface area contributed by atoms with Crippen LogP contribution in [0.25, 0.3) is 32.3 Å². The summed E-state index contributed by atoms with van der Waals surface area (Å²) in [6.45, 7) is 0. The lowest BCUT2D eigenvalue weighted by molar-refractivity contribution is 1.32. The van der Waals surface area contributed by atoms with Gasteiger partial charge in [0, 0.05) is 45.4 Å². The summed E-state index contributed by atoms with van der Waals surface area (Å²) in [5.41, 5.74) is 10.6. The SMILES string of the molecule is Nc1ncc(-c2cccnc2)c2scc(-c3ccccc3)c12. The maximum absolute atomic E-state index is 6.17. The third-order valence-corrected chi connectivity index (χ3v) is 4.70. The zero-order valence-corrected chi connectivity index (χ0v) is 12.5. The van der Waals surface area contributed by atoms with Crippen LogP contribution in [0.5, 0.6) is 0 Å². The predicted octanol–water partition coefficient (Wildman–Crippen LogP) is 4.61. The molecule has 4 heteroatoms. The van der Waals surface area contributed by atoms with Crippen molar-refractivity contribution in [2.24, 2.45) is 0 Å². The number of benzene rings is 1. The van der Waals surface area contributed by atoms with Crippen LogP contribution in [-0.2, 0) is 0 Å². The lowest BCUT2D eigenvalue weighted by Crippen LogP contribution is -1.92. The van der Waals surface area contributed by atoms with Gasteiger partial charge in [-0.2, -0.15) is 0 Å². The van der Waals surface area contributed by atoms with Gasteiger partial charge in [-0.1, -0.05) is 36.4 Å². The molecule has 0 unspecified atom stereocenters. The van der Waals surface area contributed by atoms with E-state index in [0.29, 0.717) is 5.82 Å². The molecule has 3 aromatic heterocycles. The van der Waals surface area contributed by atoms with E-state index in [2.05, 4.69) is 27.5 Å². The van der Waals surface area contributed by atoms with Gasteiger partial charge in [0.05, 0.1) is 0 Å². The third kappa shape index (κ3) is 2.05. The van der Waals surface area contributed by atoms with Crippen molar-refractivity contribution < 1.29 is 0 Å². The zero-order chi connectivity index (χ0) is 14.9. The van der Waals surface area contributed by atoms with E-state index < -0.39 is 0 Å². The van der Waals surface area contributed by atoms with Crippen molar-refractivity contribution >= 4 is 27.2 Å². The number of nitrogens with zero attached hydrogens (tertiary/aromatic N) is 2. The molecule has 0 saturated heterocycles. The van der Waals surface area contributed by atoms with Gasteiger partial charge in [0.1, 0.15) is 5.82 Å². The first kappa shape index (κ1) is 13.0. The first-order chi connectivity index (χ1) is 10.8. The number of hydrogen-bond donors (Lipinski definition) is 1. The van der Waals surface area contributed by atoms with E-state index in [4.69, 9.17) is 5.73 Å². The molecule has 0 atom stereocenters. The molecular formula is C18H13N3S. The summed E-state index contributed by atoms with van der Waals surface area (Å²) in [5.74, 6) is 0.572. The van der Waals surface area contributed by atoms with Crippen molar-refractivity contribution in [3.05, 3.63) is 66.4 Å². The molecule has 22 heavy (non-hydrogen) atoms. The number of rotatable bonds is 2. The quantitative estimate of drug-likeness (QED) is 0.588. The van der Waals surface area contributed by atoms with Gasteiger partial charge in [0.25, 0.3) is 0 Å². The summed E-state index contributed by atoms with van der Waals surface area (Å²) >= 11 is 1.70. The lowest BCUT2D eigenvalue weighted by atomic mass is 10.0. The molecule has 106 valence electrons. The van der Waals surface area contributed by atoms with Crippen LogP contribution in [0.3, 0.4) is 0 Å². The Morgan fingerprint density at radius 3 is 2.45 bits per heavy atom. The second-order valence-corrected chi connectivity index (χ2v) is 5.90. The molecule has 0 aliphatic rings. The highest BCUT2D eigenvalue weighted by molar-refractivity contribution is 7.18. The molecule has 4 rings (SSSR count). The minimum atomic E-state index is 0.572. The molecule has 0 aliphatic heterocycles. The Morgan fingerprint density at radius 1 is 0.864 bits per heavy atom. The number of fused-ring (bicyclic) bond motifs is 1. The van der Waals surface area contributed by atoms with E-state index in [1.54, 1.807) is 17.5 Å². The van der Waals surface area contributed by atoms with E-state index >= 15 is 0 Å². The van der Waals surface area contributed by atoms with Gasteiger partial charge in [0.2, 0.25) is 0 Å². The van der Waals surface area contributed by atoms with Crippen LogP contribution in [-0.4, -0.2) is 9.97 Å². The van der Waals surface area contributed by atoms with Crippen molar-refractivity contribution in [3.63, 3.8) is 0 Å². The molecule has 3 heterocycles. The summed E-state index contributed by atoms with van der Waals surface area (Å²) in [4.78, 5) is 8.60. The Morgan fingerprint density at radius 2 is 1.68 bits per heavy atom. The number of anilines is 1. The number of pyridine rings is 2. The monoisotopic (exact) mass is 303 g/mol. The van der Waals surface area contributed by atoms with Crippen molar-refractivity contribution in [1.82, 2.24) is 9.97 Å². The van der Waals surface area contributed by atoms with E-state index in [1.807, 2.05) is 42.7 Å². The average molecular weight is 303 g/mol. The number of aromatic nitrogens is 2. The second-order valence-electron chi connectivity index (χ2n) is 5.02. The molecule has 0 bridgehead atoms. The molecule has 0 saturated carbocycles. The maximum Gasteiger partial charge on any atom is 0.132 e. The van der Waals surface area contributed by atoms with E-state index in [-0.39, 0.29) is 0 Å². The Hall–Kier alpha value is -2.72. The predicted molar refractivity (Wildman–Crippen MR) is 92.7 cm³/mol. The molecule has 3 nitrogen and oxygen atoms in total. The van der Waals surface area contributed by atoms with Crippen LogP contribution in [0.2, 0.25) is 0 Å². The fraction of sp³-hybridized carbons (Fsp3) is 0. The van der Waals surface area contributed by atoms with Gasteiger partial charge in [-0.3, -0.25) is 4.98 Å². The summed E-state index contributed by atoms with van der Waals surface area (Å²) in [5, 5.41) is 3.18. The molecule has 0 spiro atoms. The van der Waals surface area contributed by atoms with Crippen molar-refractivity contribution in [2.45, 2.75) is 0 Å². The summed E-state index contributed by atoms with van der Waals surface area (Å²) in [6, 6.07) is 14.3. The molecule has 0 fully saturated rings. The van der Waals surface area contributed by atoms with E-state index in [9.17, 15) is 0 Å². The summed E-state index contributed by atoms with van der Waals surface area (Å²) < 4.78 is 1.15. The normalized spacial score (nSPS) is 10.9. The molecule has 0 radical (unpaired) electrons. The van der Waals surface area contributed by atoms with Gasteiger partial charge in [-0.05, 0) is 17.0 Å². The molecule has 0 amide bonds. The molecular weight excluding hydrogens is 290 g/mol. The molecule has 4 aromatic rings. The Balaban J connectivity index is 2.01. The topological polar surface area (TPSA) is 51.8 Å². The first-order valence-electron chi connectivity index (χ1n) is 6.96. The van der Waals surface area contributed by atoms with Gasteiger partial charge < -0.3 is 5.73 Å². The van der Waals surface area contributed by atoms with Crippen LogP contribution in [0, 0.1) is 0 Å². The number of hydrogen-bond acceptors (Lipinski definition) is 4. The smallest absolute Gasteiger partial charge is 0.132 e. The highest BCUT2D eigenvalue weighted by Gasteiger charge is 2.14. The highest BCUT2D eigenvalue weighted by atomic mass is 32.1. The summed E-state index contributed by atoms with van der Waals surface area (Å²) in [7, 11) is 0. The maximum atomic E-state index is 6.17. The third-order valence-electron chi connectivity index (χ3n) is 3.68. The lowest BCUT2D eigenvalue weighted by Gasteiger charge is -2.06. The molecule has 1 aromatic carbocycles. The van der Waals surface area contributed by atoms with Crippen LogP contribution in [0.4, 0.5) is 5.82 Å². The highest BCUT2D eigenvalue weighted by Crippen LogP contribution is 2.41. The number of nitrogens with two attached hydrogens (primary N) is 1. The second kappa shape index (κ2) is 5.24. The largest absolute Gasteiger partial charge is 0.383 e. The Bertz CT molecular complexity index is 931. The molecule has 2 N–H and O–H groups in total. The Labute approximate surface area is 132 Å². The van der Waals surface area contributed by atoms with Gasteiger partial charge >= 0.3 is 0 Å². The summed E-state index contributed by atoms with van der Waals surface area (Å²) in [6.07, 6.45) is 5.46. The van der Waals surface area contributed by atoms with Crippen LogP contribution in [0.15, 0.2) is 66.4 Å².